The van der Waals surface area contributed by atoms with Crippen LogP contribution in [0.25, 0.3) is 0 Å². The summed E-state index contributed by atoms with van der Waals surface area (Å²) in [5.41, 5.74) is 2.35. The monoisotopic (exact) mass is 289 g/mol. The second-order valence-electron chi connectivity index (χ2n) is 5.12. The predicted molar refractivity (Wildman–Crippen MR) is 81.5 cm³/mol. The van der Waals surface area contributed by atoms with Gasteiger partial charge in [0.2, 0.25) is 0 Å². The molecule has 2 N–H and O–H groups in total. The number of benzene rings is 1. The van der Waals surface area contributed by atoms with E-state index in [1.807, 2.05) is 23.5 Å². The summed E-state index contributed by atoms with van der Waals surface area (Å²) in [6, 6.07) is 8.09. The van der Waals surface area contributed by atoms with Gasteiger partial charge in [0, 0.05) is 29.1 Å². The molecule has 0 aliphatic heterocycles. The number of rotatable bonds is 4. The van der Waals surface area contributed by atoms with Gasteiger partial charge in [-0.3, -0.25) is 0 Å². The Bertz CT molecular complexity index is 594. The molecule has 106 valence electrons. The van der Waals surface area contributed by atoms with Crippen molar-refractivity contribution in [3.05, 3.63) is 45.6 Å². The number of hydrogen-bond donors (Lipinski definition) is 2. The summed E-state index contributed by atoms with van der Waals surface area (Å²) in [5.74, 6) is 0.974. The van der Waals surface area contributed by atoms with Crippen LogP contribution in [0.15, 0.2) is 29.6 Å². The predicted octanol–water partition coefficient (Wildman–Crippen LogP) is 3.63. The molecule has 2 aromatic rings. The van der Waals surface area contributed by atoms with E-state index >= 15 is 0 Å². The summed E-state index contributed by atoms with van der Waals surface area (Å²) in [4.78, 5) is 1.51. The number of thiophene rings is 1. The number of ether oxygens (including phenoxy) is 1. The highest BCUT2D eigenvalue weighted by molar-refractivity contribution is 7.10. The minimum absolute atomic E-state index is 0.290. The Balaban J connectivity index is 1.69. The second-order valence-corrected chi connectivity index (χ2v) is 6.12. The van der Waals surface area contributed by atoms with Crippen molar-refractivity contribution in [3.8, 4) is 11.5 Å². The number of methoxy groups -OCH3 is 1. The van der Waals surface area contributed by atoms with Crippen molar-refractivity contribution in [2.45, 2.75) is 31.8 Å². The average Bonchev–Trinajstić information content (AvgIpc) is 2.95. The van der Waals surface area contributed by atoms with Crippen molar-refractivity contribution in [3.63, 3.8) is 0 Å². The Hall–Kier alpha value is -1.52. The standard InChI is InChI=1S/C16H19NO2S/c1-19-12-6-5-11(15(18)9-12)10-17-14-3-2-4-16-13(14)7-8-20-16/h5-9,14,17-18H,2-4,10H2,1H3. The van der Waals surface area contributed by atoms with Crippen molar-refractivity contribution in [2.75, 3.05) is 7.11 Å². The fraction of sp³-hybridized carbons (Fsp3) is 0.375. The minimum atomic E-state index is 0.290. The Labute approximate surface area is 123 Å². The zero-order chi connectivity index (χ0) is 13.9. The SMILES string of the molecule is COc1ccc(CNC2CCCc3sccc32)c(O)c1. The van der Waals surface area contributed by atoms with E-state index < -0.39 is 0 Å². The zero-order valence-corrected chi connectivity index (χ0v) is 12.4. The van der Waals surface area contributed by atoms with E-state index in [0.717, 1.165) is 5.56 Å². The molecule has 0 fully saturated rings. The molecule has 0 amide bonds. The first-order valence-electron chi connectivity index (χ1n) is 6.93. The van der Waals surface area contributed by atoms with Gasteiger partial charge in [-0.15, -0.1) is 11.3 Å². The quantitative estimate of drug-likeness (QED) is 0.903. The van der Waals surface area contributed by atoms with Gasteiger partial charge in [-0.25, -0.2) is 0 Å². The summed E-state index contributed by atoms with van der Waals surface area (Å²) in [5, 5.41) is 15.7. The maximum atomic E-state index is 9.99. The van der Waals surface area contributed by atoms with E-state index in [1.165, 1.54) is 29.7 Å². The van der Waals surface area contributed by atoms with Crippen LogP contribution >= 0.6 is 11.3 Å². The summed E-state index contributed by atoms with van der Waals surface area (Å²) >= 11 is 1.85. The Morgan fingerprint density at radius 1 is 1.40 bits per heavy atom. The molecule has 4 heteroatoms. The highest BCUT2D eigenvalue weighted by Crippen LogP contribution is 2.34. The lowest BCUT2D eigenvalue weighted by molar-refractivity contribution is 0.404. The Morgan fingerprint density at radius 3 is 3.10 bits per heavy atom. The summed E-state index contributed by atoms with van der Waals surface area (Å²) in [6.45, 7) is 0.676. The number of aromatic hydroxyl groups is 1. The van der Waals surface area contributed by atoms with Crippen molar-refractivity contribution in [1.29, 1.82) is 0 Å². The van der Waals surface area contributed by atoms with Crippen LogP contribution in [0, 0.1) is 0 Å². The van der Waals surface area contributed by atoms with Crippen LogP contribution in [-0.2, 0) is 13.0 Å². The molecule has 0 spiro atoms. The van der Waals surface area contributed by atoms with Gasteiger partial charge in [0.1, 0.15) is 11.5 Å². The molecule has 1 aliphatic carbocycles. The van der Waals surface area contributed by atoms with Crippen LogP contribution in [0.1, 0.15) is 34.9 Å². The summed E-state index contributed by atoms with van der Waals surface area (Å²) in [6.07, 6.45) is 3.61. The average molecular weight is 289 g/mol. The number of nitrogens with one attached hydrogen (secondary N) is 1. The molecule has 3 rings (SSSR count). The first kappa shape index (κ1) is 13.5. The van der Waals surface area contributed by atoms with Crippen LogP contribution in [0.3, 0.4) is 0 Å². The van der Waals surface area contributed by atoms with Crippen molar-refractivity contribution >= 4 is 11.3 Å². The maximum absolute atomic E-state index is 9.99. The highest BCUT2D eigenvalue weighted by atomic mass is 32.1. The second kappa shape index (κ2) is 5.85. The fourth-order valence-electron chi connectivity index (χ4n) is 2.75. The van der Waals surface area contributed by atoms with Crippen molar-refractivity contribution in [1.82, 2.24) is 5.32 Å². The van der Waals surface area contributed by atoms with Crippen LogP contribution in [0.5, 0.6) is 11.5 Å². The molecular weight excluding hydrogens is 270 g/mol. The molecule has 1 aromatic heterocycles. The van der Waals surface area contributed by atoms with Crippen LogP contribution in [0.2, 0.25) is 0 Å². The van der Waals surface area contributed by atoms with Crippen molar-refractivity contribution in [2.24, 2.45) is 0 Å². The molecule has 0 saturated heterocycles. The van der Waals surface area contributed by atoms with Gasteiger partial charge in [-0.1, -0.05) is 6.07 Å². The van der Waals surface area contributed by atoms with Crippen LogP contribution < -0.4 is 10.1 Å². The third-order valence-corrected chi connectivity index (χ3v) is 4.88. The number of aryl methyl sites for hydroxylation is 1. The molecule has 0 bridgehead atoms. The molecule has 0 radical (unpaired) electrons. The first-order chi connectivity index (χ1) is 9.78. The molecule has 1 aliphatic rings. The van der Waals surface area contributed by atoms with E-state index in [4.69, 9.17) is 4.74 Å². The van der Waals surface area contributed by atoms with Gasteiger partial charge in [0.15, 0.2) is 0 Å². The number of phenols is 1. The van der Waals surface area contributed by atoms with Crippen LogP contribution in [0.4, 0.5) is 0 Å². The third kappa shape index (κ3) is 2.67. The van der Waals surface area contributed by atoms with E-state index in [0.29, 0.717) is 24.1 Å². The largest absolute Gasteiger partial charge is 0.507 e. The maximum Gasteiger partial charge on any atom is 0.123 e. The number of hydrogen-bond acceptors (Lipinski definition) is 4. The van der Waals surface area contributed by atoms with E-state index in [9.17, 15) is 5.11 Å². The third-order valence-electron chi connectivity index (χ3n) is 3.88. The smallest absolute Gasteiger partial charge is 0.123 e. The molecule has 1 heterocycles. The molecule has 0 saturated carbocycles. The minimum Gasteiger partial charge on any atom is -0.507 e. The van der Waals surface area contributed by atoms with Crippen LogP contribution in [-0.4, -0.2) is 12.2 Å². The summed E-state index contributed by atoms with van der Waals surface area (Å²) < 4.78 is 5.10. The Morgan fingerprint density at radius 2 is 2.30 bits per heavy atom. The molecule has 1 aromatic carbocycles. The van der Waals surface area contributed by atoms with Gasteiger partial charge in [-0.05, 0) is 42.3 Å². The topological polar surface area (TPSA) is 41.5 Å². The van der Waals surface area contributed by atoms with Gasteiger partial charge in [0.25, 0.3) is 0 Å². The van der Waals surface area contributed by atoms with Gasteiger partial charge in [-0.2, -0.15) is 0 Å². The lowest BCUT2D eigenvalue weighted by Crippen LogP contribution is -2.23. The first-order valence-corrected chi connectivity index (χ1v) is 7.81. The number of fused-ring (bicyclic) bond motifs is 1. The van der Waals surface area contributed by atoms with Gasteiger partial charge < -0.3 is 15.2 Å². The van der Waals surface area contributed by atoms with E-state index in [-0.39, 0.29) is 0 Å². The number of phenolic OH excluding ortho intramolecular Hbond substituents is 1. The lowest BCUT2D eigenvalue weighted by Gasteiger charge is -2.24. The highest BCUT2D eigenvalue weighted by Gasteiger charge is 2.20. The normalized spacial score (nSPS) is 17.8. The van der Waals surface area contributed by atoms with Crippen molar-refractivity contribution < 1.29 is 9.84 Å². The van der Waals surface area contributed by atoms with E-state index in [2.05, 4.69) is 16.8 Å². The van der Waals surface area contributed by atoms with Gasteiger partial charge in [0.05, 0.1) is 7.11 Å². The summed E-state index contributed by atoms with van der Waals surface area (Å²) in [7, 11) is 1.60. The lowest BCUT2D eigenvalue weighted by atomic mass is 9.94. The molecule has 20 heavy (non-hydrogen) atoms. The molecule has 1 atom stereocenters. The fourth-order valence-corrected chi connectivity index (χ4v) is 3.74. The van der Waals surface area contributed by atoms with Gasteiger partial charge >= 0.3 is 0 Å². The molecular formula is C16H19NO2S. The zero-order valence-electron chi connectivity index (χ0n) is 11.6. The Kier molecular flexibility index (Phi) is 3.94. The van der Waals surface area contributed by atoms with E-state index in [1.54, 1.807) is 13.2 Å². The molecule has 1 unspecified atom stereocenters. The molecule has 3 nitrogen and oxygen atoms in total.